The predicted molar refractivity (Wildman–Crippen MR) is 41.5 cm³/mol. The first-order chi connectivity index (χ1) is 5.52. The van der Waals surface area contributed by atoms with E-state index in [-0.39, 0.29) is 0 Å². The van der Waals surface area contributed by atoms with Crippen molar-refractivity contribution in [2.75, 3.05) is 0 Å². The second-order valence-electron chi connectivity index (χ2n) is 2.58. The lowest BCUT2D eigenvalue weighted by Crippen LogP contribution is -2.33. The van der Waals surface area contributed by atoms with Gasteiger partial charge >= 0.3 is 5.82 Å². The lowest BCUT2D eigenvalue weighted by atomic mass is 10.2. The molecule has 0 aliphatic carbocycles. The van der Waals surface area contributed by atoms with Gasteiger partial charge < -0.3 is 5.21 Å². The van der Waals surface area contributed by atoms with Gasteiger partial charge in [0.05, 0.1) is 6.07 Å². The van der Waals surface area contributed by atoms with E-state index in [0.717, 1.165) is 0 Å². The largest absolute Gasteiger partial charge is 0.614 e. The first-order valence-corrected chi connectivity index (χ1v) is 3.37. The summed E-state index contributed by atoms with van der Waals surface area (Å²) in [5, 5.41) is 21.3. The van der Waals surface area contributed by atoms with Crippen molar-refractivity contribution in [3.8, 4) is 0 Å². The number of nitro groups is 1. The molecule has 12 heavy (non-hydrogen) atoms. The minimum atomic E-state index is -0.688. The molecule has 0 spiro atoms. The van der Waals surface area contributed by atoms with Gasteiger partial charge in [0.15, 0.2) is 5.69 Å². The molecule has 0 saturated carbocycles. The third-order valence-electron chi connectivity index (χ3n) is 1.51. The van der Waals surface area contributed by atoms with E-state index < -0.39 is 10.7 Å². The summed E-state index contributed by atoms with van der Waals surface area (Å²) in [5.74, 6) is -0.424. The third-order valence-corrected chi connectivity index (χ3v) is 1.51. The van der Waals surface area contributed by atoms with Crippen LogP contribution in [0.5, 0.6) is 0 Å². The average molecular weight is 168 g/mol. The van der Waals surface area contributed by atoms with E-state index in [9.17, 15) is 15.3 Å². The standard InChI is InChI=1S/C7H8N2O3/c1-5-3-6(2)8(10)7(4-5)9(11)12/h3-4H,1-2H3. The Morgan fingerprint density at radius 1 is 1.42 bits per heavy atom. The van der Waals surface area contributed by atoms with Crippen LogP contribution in [0.4, 0.5) is 5.82 Å². The minimum absolute atomic E-state index is 0.312. The maximum Gasteiger partial charge on any atom is 0.513 e. The molecular formula is C7H8N2O3. The number of aryl methyl sites for hydroxylation is 2. The first kappa shape index (κ1) is 8.45. The summed E-state index contributed by atoms with van der Waals surface area (Å²) in [5.41, 5.74) is 1.05. The summed E-state index contributed by atoms with van der Waals surface area (Å²) in [6.45, 7) is 3.24. The molecule has 1 aromatic heterocycles. The SMILES string of the molecule is Cc1cc(C)[n+]([O-])c([N+](=O)[O-])c1. The molecule has 0 atom stereocenters. The van der Waals surface area contributed by atoms with Crippen LogP contribution in [-0.2, 0) is 0 Å². The molecule has 64 valence electrons. The summed E-state index contributed by atoms with van der Waals surface area (Å²) in [4.78, 5) is 9.62. The van der Waals surface area contributed by atoms with Crippen LogP contribution in [0.3, 0.4) is 0 Å². The highest BCUT2D eigenvalue weighted by atomic mass is 16.6. The fourth-order valence-electron chi connectivity index (χ4n) is 1.000. The van der Waals surface area contributed by atoms with Gasteiger partial charge in [-0.1, -0.05) is 0 Å². The van der Waals surface area contributed by atoms with Gasteiger partial charge in [0.2, 0.25) is 0 Å². The average Bonchev–Trinajstić information content (AvgIpc) is 1.96. The Bertz CT molecular complexity index is 336. The molecule has 1 heterocycles. The molecule has 0 aliphatic rings. The second kappa shape index (κ2) is 2.77. The van der Waals surface area contributed by atoms with Crippen molar-refractivity contribution in [1.29, 1.82) is 0 Å². The van der Waals surface area contributed by atoms with E-state index in [0.29, 0.717) is 16.0 Å². The van der Waals surface area contributed by atoms with Gasteiger partial charge in [0.1, 0.15) is 4.92 Å². The summed E-state index contributed by atoms with van der Waals surface area (Å²) >= 11 is 0. The van der Waals surface area contributed by atoms with E-state index in [1.165, 1.54) is 13.0 Å². The van der Waals surface area contributed by atoms with Gasteiger partial charge in [-0.15, -0.1) is 4.73 Å². The van der Waals surface area contributed by atoms with Gasteiger partial charge in [-0.3, -0.25) is 10.1 Å². The third kappa shape index (κ3) is 1.34. The van der Waals surface area contributed by atoms with Crippen LogP contribution < -0.4 is 4.73 Å². The van der Waals surface area contributed by atoms with E-state index in [1.807, 2.05) is 0 Å². The Hall–Kier alpha value is -1.65. The zero-order valence-electron chi connectivity index (χ0n) is 6.77. The first-order valence-electron chi connectivity index (χ1n) is 3.37. The van der Waals surface area contributed by atoms with Crippen LogP contribution in [-0.4, -0.2) is 4.92 Å². The van der Waals surface area contributed by atoms with Crippen molar-refractivity contribution < 1.29 is 9.65 Å². The molecule has 0 aliphatic heterocycles. The molecule has 0 aromatic carbocycles. The van der Waals surface area contributed by atoms with Crippen LogP contribution in [0.1, 0.15) is 11.3 Å². The summed E-state index contributed by atoms with van der Waals surface area (Å²) in [7, 11) is 0. The second-order valence-corrected chi connectivity index (χ2v) is 2.58. The van der Waals surface area contributed by atoms with E-state index in [4.69, 9.17) is 0 Å². The number of hydrogen-bond donors (Lipinski definition) is 0. The highest BCUT2D eigenvalue weighted by Gasteiger charge is 2.19. The van der Waals surface area contributed by atoms with Crippen molar-refractivity contribution in [3.05, 3.63) is 38.7 Å². The maximum absolute atomic E-state index is 11.0. The smallest absolute Gasteiger partial charge is 0.513 e. The molecule has 5 heteroatoms. The Morgan fingerprint density at radius 2 is 2.00 bits per heavy atom. The Kier molecular flexibility index (Phi) is 1.95. The van der Waals surface area contributed by atoms with E-state index in [2.05, 4.69) is 0 Å². The fourth-order valence-corrected chi connectivity index (χ4v) is 1.000. The number of aromatic nitrogens is 1. The van der Waals surface area contributed by atoms with Crippen LogP contribution in [0.2, 0.25) is 0 Å². The van der Waals surface area contributed by atoms with E-state index in [1.54, 1.807) is 13.0 Å². The number of nitrogens with zero attached hydrogens (tertiary/aromatic N) is 2. The molecule has 0 amide bonds. The number of rotatable bonds is 1. The molecule has 5 nitrogen and oxygen atoms in total. The zero-order valence-corrected chi connectivity index (χ0v) is 6.77. The molecule has 0 fully saturated rings. The number of hydrogen-bond acceptors (Lipinski definition) is 3. The predicted octanol–water partition coefficient (Wildman–Crippen LogP) is 0.845. The van der Waals surface area contributed by atoms with Crippen molar-refractivity contribution in [2.24, 2.45) is 0 Å². The van der Waals surface area contributed by atoms with E-state index >= 15 is 0 Å². The van der Waals surface area contributed by atoms with Crippen molar-refractivity contribution in [2.45, 2.75) is 13.8 Å². The topological polar surface area (TPSA) is 70.1 Å². The normalized spacial score (nSPS) is 9.83. The fraction of sp³-hybridized carbons (Fsp3) is 0.286. The van der Waals surface area contributed by atoms with Gasteiger partial charge in [-0.2, -0.15) is 0 Å². The lowest BCUT2D eigenvalue weighted by Gasteiger charge is -2.00. The summed E-state index contributed by atoms with van der Waals surface area (Å²) in [6.07, 6.45) is 0. The van der Waals surface area contributed by atoms with Crippen molar-refractivity contribution in [1.82, 2.24) is 0 Å². The van der Waals surface area contributed by atoms with Crippen LogP contribution in [0, 0.1) is 29.2 Å². The summed E-state index contributed by atoms with van der Waals surface area (Å²) < 4.78 is 0.312. The maximum atomic E-state index is 11.0. The van der Waals surface area contributed by atoms with Gasteiger partial charge in [-0.05, 0) is 12.5 Å². The van der Waals surface area contributed by atoms with Crippen LogP contribution in [0.15, 0.2) is 12.1 Å². The minimum Gasteiger partial charge on any atom is -0.614 e. The van der Waals surface area contributed by atoms with Crippen LogP contribution in [0.25, 0.3) is 0 Å². The molecule has 1 rings (SSSR count). The van der Waals surface area contributed by atoms with Crippen molar-refractivity contribution in [3.63, 3.8) is 0 Å². The number of pyridine rings is 1. The summed E-state index contributed by atoms with van der Waals surface area (Å²) in [6, 6.07) is 2.85. The van der Waals surface area contributed by atoms with Gasteiger partial charge in [0, 0.05) is 13.0 Å². The monoisotopic (exact) mass is 168 g/mol. The van der Waals surface area contributed by atoms with Crippen molar-refractivity contribution >= 4 is 5.82 Å². The Balaban J connectivity index is 3.37. The van der Waals surface area contributed by atoms with Gasteiger partial charge in [-0.25, -0.2) is 0 Å². The molecule has 0 unspecified atom stereocenters. The molecule has 0 N–H and O–H groups in total. The zero-order chi connectivity index (χ0) is 9.30. The quantitative estimate of drug-likeness (QED) is 0.270. The Labute approximate surface area is 69.0 Å². The van der Waals surface area contributed by atoms with Gasteiger partial charge in [0.25, 0.3) is 0 Å². The molecule has 1 aromatic rings. The lowest BCUT2D eigenvalue weighted by molar-refractivity contribution is -0.669. The highest BCUT2D eigenvalue weighted by Crippen LogP contribution is 2.08. The molecule has 0 bridgehead atoms. The molecule has 0 saturated heterocycles. The molecule has 0 radical (unpaired) electrons. The Morgan fingerprint density at radius 3 is 2.50 bits per heavy atom. The molecular weight excluding hydrogens is 160 g/mol. The highest BCUT2D eigenvalue weighted by molar-refractivity contribution is 5.22. The van der Waals surface area contributed by atoms with Crippen LogP contribution >= 0.6 is 0 Å².